The van der Waals surface area contributed by atoms with E-state index < -0.39 is 0 Å². The summed E-state index contributed by atoms with van der Waals surface area (Å²) in [5, 5.41) is 6.57. The number of benzene rings is 1. The second-order valence-electron chi connectivity index (χ2n) is 7.11. The Morgan fingerprint density at radius 1 is 1.27 bits per heavy atom. The minimum atomic E-state index is -0.0614. The van der Waals surface area contributed by atoms with E-state index in [4.69, 9.17) is 14.2 Å². The van der Waals surface area contributed by atoms with Gasteiger partial charge in [-0.05, 0) is 32.0 Å². The molecule has 168 valence electrons. The van der Waals surface area contributed by atoms with Gasteiger partial charge in [-0.2, -0.15) is 0 Å². The molecule has 0 unspecified atom stereocenters. The number of guanidine groups is 1. The normalized spacial score (nSPS) is 14.9. The predicted molar refractivity (Wildman–Crippen MR) is 119 cm³/mol. The maximum absolute atomic E-state index is 12.0. The number of morpholine rings is 1. The molecule has 0 atom stereocenters. The Kier molecular flexibility index (Phi) is 10.2. The Hall–Kier alpha value is -2.52. The van der Waals surface area contributed by atoms with Crippen molar-refractivity contribution in [3.63, 3.8) is 0 Å². The molecule has 1 aliphatic rings. The molecule has 30 heavy (non-hydrogen) atoms. The van der Waals surface area contributed by atoms with E-state index in [0.717, 1.165) is 51.5 Å². The third-order valence-electron chi connectivity index (χ3n) is 4.64. The van der Waals surface area contributed by atoms with Crippen LogP contribution in [-0.2, 0) is 9.53 Å². The van der Waals surface area contributed by atoms with Crippen molar-refractivity contribution in [2.24, 2.45) is 4.99 Å². The van der Waals surface area contributed by atoms with Gasteiger partial charge in [0, 0.05) is 45.5 Å². The average molecular weight is 422 g/mol. The zero-order valence-corrected chi connectivity index (χ0v) is 18.6. The molecule has 0 saturated carbocycles. The van der Waals surface area contributed by atoms with Crippen molar-refractivity contribution in [1.29, 1.82) is 0 Å². The quantitative estimate of drug-likeness (QED) is 0.334. The maximum Gasteiger partial charge on any atom is 0.243 e. The Labute approximate surface area is 179 Å². The first-order chi connectivity index (χ1) is 14.5. The zero-order valence-electron chi connectivity index (χ0n) is 18.6. The van der Waals surface area contributed by atoms with E-state index in [2.05, 4.69) is 20.5 Å². The number of rotatable bonds is 10. The number of ether oxygens (including phenoxy) is 3. The minimum Gasteiger partial charge on any atom is -0.493 e. The molecule has 1 aromatic carbocycles. The first-order valence-electron chi connectivity index (χ1n) is 10.4. The molecule has 9 nitrogen and oxygen atoms in total. The summed E-state index contributed by atoms with van der Waals surface area (Å²) in [6.45, 7) is 7.85. The van der Waals surface area contributed by atoms with Gasteiger partial charge < -0.3 is 29.7 Å². The van der Waals surface area contributed by atoms with Gasteiger partial charge >= 0.3 is 0 Å². The van der Waals surface area contributed by atoms with Crippen LogP contribution in [0.3, 0.4) is 0 Å². The number of carbonyl (C=O) groups is 1. The monoisotopic (exact) mass is 421 g/mol. The largest absolute Gasteiger partial charge is 0.493 e. The first-order valence-corrected chi connectivity index (χ1v) is 10.4. The van der Waals surface area contributed by atoms with Gasteiger partial charge in [0.2, 0.25) is 5.91 Å². The summed E-state index contributed by atoms with van der Waals surface area (Å²) >= 11 is 0. The van der Waals surface area contributed by atoms with E-state index in [1.54, 1.807) is 21.2 Å². The molecule has 0 bridgehead atoms. The average Bonchev–Trinajstić information content (AvgIpc) is 2.76. The van der Waals surface area contributed by atoms with E-state index in [1.807, 2.05) is 25.1 Å². The fourth-order valence-electron chi connectivity index (χ4n) is 2.92. The number of nitrogens with zero attached hydrogens (tertiary/aromatic N) is 3. The van der Waals surface area contributed by atoms with Gasteiger partial charge in [0.05, 0.1) is 26.9 Å². The molecule has 0 radical (unpaired) electrons. The van der Waals surface area contributed by atoms with Crippen molar-refractivity contribution < 1.29 is 19.0 Å². The molecule has 2 rings (SSSR count). The van der Waals surface area contributed by atoms with Crippen LogP contribution in [0.1, 0.15) is 13.3 Å². The number of aliphatic imine (C=N–C) groups is 1. The number of anilines is 1. The molecule has 1 aliphatic heterocycles. The summed E-state index contributed by atoms with van der Waals surface area (Å²) < 4.78 is 16.4. The molecule has 0 aromatic heterocycles. The third-order valence-corrected chi connectivity index (χ3v) is 4.64. The lowest BCUT2D eigenvalue weighted by atomic mass is 10.2. The number of likely N-dealkylation sites (N-methyl/N-ethyl adjacent to an activating group) is 1. The Morgan fingerprint density at radius 3 is 2.70 bits per heavy atom. The van der Waals surface area contributed by atoms with Crippen molar-refractivity contribution in [1.82, 2.24) is 15.1 Å². The van der Waals surface area contributed by atoms with E-state index >= 15 is 0 Å². The SMILES string of the molecule is CCOc1ccc(NC(=NCC(=O)N(C)C)NCCCN2CCOCC2)cc1OC. The highest BCUT2D eigenvalue weighted by Crippen LogP contribution is 2.30. The predicted octanol–water partition coefficient (Wildman–Crippen LogP) is 1.26. The van der Waals surface area contributed by atoms with E-state index in [-0.39, 0.29) is 12.5 Å². The van der Waals surface area contributed by atoms with Crippen LogP contribution < -0.4 is 20.1 Å². The lowest BCUT2D eigenvalue weighted by molar-refractivity contribution is -0.127. The molecule has 1 amide bonds. The Bertz CT molecular complexity index is 690. The van der Waals surface area contributed by atoms with Crippen molar-refractivity contribution >= 4 is 17.6 Å². The van der Waals surface area contributed by atoms with Gasteiger partial charge in [-0.1, -0.05) is 0 Å². The number of nitrogens with one attached hydrogen (secondary N) is 2. The molecular weight excluding hydrogens is 386 g/mol. The summed E-state index contributed by atoms with van der Waals surface area (Å²) in [5.41, 5.74) is 0.798. The molecule has 2 N–H and O–H groups in total. The van der Waals surface area contributed by atoms with E-state index in [0.29, 0.717) is 24.1 Å². The van der Waals surface area contributed by atoms with Gasteiger partial charge in [-0.3, -0.25) is 9.69 Å². The summed E-state index contributed by atoms with van der Waals surface area (Å²) in [6, 6.07) is 5.60. The van der Waals surface area contributed by atoms with Crippen molar-refractivity contribution in [2.75, 3.05) is 79.1 Å². The zero-order chi connectivity index (χ0) is 21.8. The van der Waals surface area contributed by atoms with E-state index in [1.165, 1.54) is 4.90 Å². The molecule has 1 fully saturated rings. The van der Waals surface area contributed by atoms with Gasteiger partial charge in [0.1, 0.15) is 6.54 Å². The fourth-order valence-corrected chi connectivity index (χ4v) is 2.92. The van der Waals surface area contributed by atoms with Crippen molar-refractivity contribution in [3.05, 3.63) is 18.2 Å². The van der Waals surface area contributed by atoms with Crippen LogP contribution in [0.2, 0.25) is 0 Å². The number of amides is 1. The molecule has 9 heteroatoms. The van der Waals surface area contributed by atoms with Gasteiger partial charge in [-0.15, -0.1) is 0 Å². The number of methoxy groups -OCH3 is 1. The van der Waals surface area contributed by atoms with Crippen LogP contribution in [0.25, 0.3) is 0 Å². The Balaban J connectivity index is 1.98. The highest BCUT2D eigenvalue weighted by Gasteiger charge is 2.11. The second-order valence-corrected chi connectivity index (χ2v) is 7.11. The molecule has 0 spiro atoms. The van der Waals surface area contributed by atoms with Crippen LogP contribution in [0, 0.1) is 0 Å². The van der Waals surface area contributed by atoms with Gasteiger partial charge in [-0.25, -0.2) is 4.99 Å². The van der Waals surface area contributed by atoms with Crippen molar-refractivity contribution in [2.45, 2.75) is 13.3 Å². The minimum absolute atomic E-state index is 0.0614. The van der Waals surface area contributed by atoms with Crippen LogP contribution in [0.5, 0.6) is 11.5 Å². The first kappa shape index (κ1) is 23.8. The van der Waals surface area contributed by atoms with Gasteiger partial charge in [0.25, 0.3) is 0 Å². The number of hydrogen-bond acceptors (Lipinski definition) is 6. The Morgan fingerprint density at radius 2 is 2.03 bits per heavy atom. The number of hydrogen-bond donors (Lipinski definition) is 2. The lowest BCUT2D eigenvalue weighted by Gasteiger charge is -2.26. The molecular formula is C21H35N5O4. The van der Waals surface area contributed by atoms with Crippen LogP contribution in [-0.4, -0.2) is 95.4 Å². The lowest BCUT2D eigenvalue weighted by Crippen LogP contribution is -2.39. The standard InChI is InChI=1S/C21H35N5O4/c1-5-30-18-8-7-17(15-19(18)28-4)24-21(23-16-20(27)25(2)3)22-9-6-10-26-11-13-29-14-12-26/h7-8,15H,5-6,9-14,16H2,1-4H3,(H2,22,23,24). The fraction of sp³-hybridized carbons (Fsp3) is 0.619. The molecule has 1 aromatic rings. The molecule has 0 aliphatic carbocycles. The highest BCUT2D eigenvalue weighted by atomic mass is 16.5. The smallest absolute Gasteiger partial charge is 0.243 e. The number of carbonyl (C=O) groups excluding carboxylic acids is 1. The van der Waals surface area contributed by atoms with Crippen LogP contribution in [0.4, 0.5) is 5.69 Å². The van der Waals surface area contributed by atoms with Crippen molar-refractivity contribution in [3.8, 4) is 11.5 Å². The topological polar surface area (TPSA) is 87.7 Å². The summed E-state index contributed by atoms with van der Waals surface area (Å²) in [7, 11) is 5.05. The molecule has 1 saturated heterocycles. The third kappa shape index (κ3) is 8.08. The van der Waals surface area contributed by atoms with E-state index in [9.17, 15) is 4.79 Å². The summed E-state index contributed by atoms with van der Waals surface area (Å²) in [4.78, 5) is 20.3. The highest BCUT2D eigenvalue weighted by molar-refractivity contribution is 5.95. The summed E-state index contributed by atoms with van der Waals surface area (Å²) in [5.74, 6) is 1.82. The molecule has 1 heterocycles. The maximum atomic E-state index is 12.0. The second kappa shape index (κ2) is 12.9. The van der Waals surface area contributed by atoms with Crippen LogP contribution >= 0.6 is 0 Å². The van der Waals surface area contributed by atoms with Crippen LogP contribution in [0.15, 0.2) is 23.2 Å². The summed E-state index contributed by atoms with van der Waals surface area (Å²) in [6.07, 6.45) is 0.967. The van der Waals surface area contributed by atoms with Gasteiger partial charge in [0.15, 0.2) is 17.5 Å².